The van der Waals surface area contributed by atoms with Crippen LogP contribution in [0.2, 0.25) is 5.02 Å². The molecule has 2 heterocycles. The molecule has 7 nitrogen and oxygen atoms in total. The zero-order valence-electron chi connectivity index (χ0n) is 15.0. The number of anilines is 1. The summed E-state index contributed by atoms with van der Waals surface area (Å²) in [5, 5.41) is 16.8. The fraction of sp³-hybridized carbons (Fsp3) is 0.389. The van der Waals surface area contributed by atoms with Crippen LogP contribution in [0.15, 0.2) is 35.6 Å². The van der Waals surface area contributed by atoms with Crippen LogP contribution >= 0.6 is 34.7 Å². The molecule has 28 heavy (non-hydrogen) atoms. The van der Waals surface area contributed by atoms with Gasteiger partial charge < -0.3 is 5.32 Å². The minimum atomic E-state index is -0.121. The van der Waals surface area contributed by atoms with Gasteiger partial charge in [0.1, 0.15) is 0 Å². The molecular weight excluding hydrogens is 416 g/mol. The average Bonchev–Trinajstić information content (AvgIpc) is 3.43. The molecule has 1 fully saturated rings. The van der Waals surface area contributed by atoms with E-state index in [4.69, 9.17) is 11.6 Å². The zero-order chi connectivity index (χ0) is 19.3. The molecule has 1 saturated carbocycles. The third kappa shape index (κ3) is 4.71. The van der Waals surface area contributed by atoms with Crippen LogP contribution in [0.3, 0.4) is 0 Å². The van der Waals surface area contributed by atoms with E-state index >= 15 is 0 Å². The summed E-state index contributed by atoms with van der Waals surface area (Å²) >= 11 is 9.02. The van der Waals surface area contributed by atoms with Crippen molar-refractivity contribution < 1.29 is 4.79 Å². The maximum atomic E-state index is 12.3. The smallest absolute Gasteiger partial charge is 0.236 e. The molecule has 0 radical (unpaired) electrons. The van der Waals surface area contributed by atoms with Crippen LogP contribution in [0.25, 0.3) is 0 Å². The first-order valence-corrected chi connectivity index (χ1v) is 11.3. The zero-order valence-corrected chi connectivity index (χ0v) is 17.4. The molecule has 0 aliphatic heterocycles. The fourth-order valence-corrected chi connectivity index (χ4v) is 5.02. The van der Waals surface area contributed by atoms with Crippen molar-refractivity contribution in [3.05, 3.63) is 45.9 Å². The fourth-order valence-electron chi connectivity index (χ4n) is 3.22. The lowest BCUT2D eigenvalue weighted by atomic mass is 10.1. The maximum Gasteiger partial charge on any atom is 0.236 e. The highest BCUT2D eigenvalue weighted by Gasteiger charge is 2.22. The molecule has 0 saturated heterocycles. The number of thiazole rings is 1. The van der Waals surface area contributed by atoms with Crippen LogP contribution in [0.4, 0.5) is 5.13 Å². The number of carbonyl (C=O) groups excluding carboxylic acids is 1. The molecule has 0 spiro atoms. The van der Waals surface area contributed by atoms with Gasteiger partial charge in [0.05, 0.1) is 11.8 Å². The highest BCUT2D eigenvalue weighted by molar-refractivity contribution is 7.99. The van der Waals surface area contributed by atoms with Gasteiger partial charge in [-0.2, -0.15) is 0 Å². The Hall–Kier alpha value is -1.97. The van der Waals surface area contributed by atoms with E-state index in [2.05, 4.69) is 25.8 Å². The first-order valence-electron chi connectivity index (χ1n) is 9.07. The number of benzene rings is 1. The quantitative estimate of drug-likeness (QED) is 0.560. The van der Waals surface area contributed by atoms with Crippen molar-refractivity contribution >= 4 is 45.7 Å². The first kappa shape index (κ1) is 19.4. The lowest BCUT2D eigenvalue weighted by Gasteiger charge is -2.10. The van der Waals surface area contributed by atoms with E-state index in [0.717, 1.165) is 28.3 Å². The second kappa shape index (κ2) is 9.02. The summed E-state index contributed by atoms with van der Waals surface area (Å²) < 4.78 is 1.86. The molecular formula is C18H19ClN6OS2. The minimum Gasteiger partial charge on any atom is -0.301 e. The third-order valence-corrected chi connectivity index (χ3v) is 6.80. The Morgan fingerprint density at radius 1 is 1.32 bits per heavy atom. The number of tetrazole rings is 1. The SMILES string of the molecule is O=C(CSc1nnnn1C1CCCC1)Nc1ncc(Cc2ccccc2Cl)s1. The number of amides is 1. The van der Waals surface area contributed by atoms with Crippen molar-refractivity contribution in [1.29, 1.82) is 0 Å². The van der Waals surface area contributed by atoms with Crippen LogP contribution in [0.1, 0.15) is 42.2 Å². The van der Waals surface area contributed by atoms with Crippen LogP contribution in [0.5, 0.6) is 0 Å². The molecule has 2 aromatic heterocycles. The predicted octanol–water partition coefficient (Wildman–Crippen LogP) is 4.22. The van der Waals surface area contributed by atoms with Gasteiger partial charge in [-0.3, -0.25) is 4.79 Å². The van der Waals surface area contributed by atoms with Gasteiger partial charge in [0.15, 0.2) is 5.13 Å². The standard InChI is InChI=1S/C18H19ClN6OS2/c19-15-8-4-1-5-12(15)9-14-10-20-17(28-14)21-16(26)11-27-18-22-23-24-25(18)13-6-2-3-7-13/h1,4-5,8,10,13H,2-3,6-7,9,11H2,(H,20,21,26). The monoisotopic (exact) mass is 434 g/mol. The van der Waals surface area contributed by atoms with E-state index in [1.54, 1.807) is 6.20 Å². The number of carbonyl (C=O) groups is 1. The Bertz CT molecular complexity index is 953. The van der Waals surface area contributed by atoms with Gasteiger partial charge in [0.2, 0.25) is 11.1 Å². The Morgan fingerprint density at radius 3 is 2.96 bits per heavy atom. The van der Waals surface area contributed by atoms with E-state index in [1.165, 1.54) is 35.9 Å². The molecule has 3 aromatic rings. The number of hydrogen-bond donors (Lipinski definition) is 1. The van der Waals surface area contributed by atoms with Crippen molar-refractivity contribution in [3.63, 3.8) is 0 Å². The van der Waals surface area contributed by atoms with Gasteiger partial charge in [-0.1, -0.05) is 54.4 Å². The van der Waals surface area contributed by atoms with E-state index in [1.807, 2.05) is 28.9 Å². The van der Waals surface area contributed by atoms with E-state index < -0.39 is 0 Å². The average molecular weight is 435 g/mol. The molecule has 1 aromatic carbocycles. The number of rotatable bonds is 7. The highest BCUT2D eigenvalue weighted by atomic mass is 35.5. The van der Waals surface area contributed by atoms with Gasteiger partial charge in [-0.25, -0.2) is 9.67 Å². The van der Waals surface area contributed by atoms with Crippen molar-refractivity contribution in [2.75, 3.05) is 11.1 Å². The highest BCUT2D eigenvalue weighted by Crippen LogP contribution is 2.31. The van der Waals surface area contributed by atoms with Crippen LogP contribution in [0, 0.1) is 0 Å². The number of nitrogens with one attached hydrogen (secondary N) is 1. The summed E-state index contributed by atoms with van der Waals surface area (Å²) in [5.74, 6) is 0.122. The second-order valence-electron chi connectivity index (χ2n) is 6.58. The molecule has 1 aliphatic carbocycles. The molecule has 146 valence electrons. The second-order valence-corrected chi connectivity index (χ2v) is 9.05. The van der Waals surface area contributed by atoms with Gasteiger partial charge in [0, 0.05) is 22.5 Å². The summed E-state index contributed by atoms with van der Waals surface area (Å²) in [6.45, 7) is 0. The van der Waals surface area contributed by atoms with Crippen LogP contribution in [-0.4, -0.2) is 36.9 Å². The Morgan fingerprint density at radius 2 is 2.14 bits per heavy atom. The molecule has 4 rings (SSSR count). The van der Waals surface area contributed by atoms with E-state index in [0.29, 0.717) is 22.8 Å². The summed E-state index contributed by atoms with van der Waals surface area (Å²) in [6.07, 6.45) is 7.07. The molecule has 0 unspecified atom stereocenters. The number of thioether (sulfide) groups is 1. The topological polar surface area (TPSA) is 85.6 Å². The molecule has 1 aliphatic rings. The Balaban J connectivity index is 1.31. The van der Waals surface area contributed by atoms with Gasteiger partial charge in [0.25, 0.3) is 0 Å². The lowest BCUT2D eigenvalue weighted by Crippen LogP contribution is -2.15. The van der Waals surface area contributed by atoms with Gasteiger partial charge in [-0.05, 0) is 34.9 Å². The normalized spacial score (nSPS) is 14.5. The van der Waals surface area contributed by atoms with Crippen molar-refractivity contribution in [2.45, 2.75) is 43.3 Å². The summed E-state index contributed by atoms with van der Waals surface area (Å²) in [7, 11) is 0. The maximum absolute atomic E-state index is 12.3. The minimum absolute atomic E-state index is 0.121. The number of halogens is 1. The van der Waals surface area contributed by atoms with E-state index in [-0.39, 0.29) is 11.7 Å². The van der Waals surface area contributed by atoms with Crippen LogP contribution in [-0.2, 0) is 11.2 Å². The first-order chi connectivity index (χ1) is 13.7. The number of aromatic nitrogens is 5. The van der Waals surface area contributed by atoms with Crippen molar-refractivity contribution in [3.8, 4) is 0 Å². The van der Waals surface area contributed by atoms with Crippen LogP contribution < -0.4 is 5.32 Å². The summed E-state index contributed by atoms with van der Waals surface area (Å²) in [6, 6.07) is 8.08. The van der Waals surface area contributed by atoms with Gasteiger partial charge in [-0.15, -0.1) is 16.4 Å². The molecule has 0 bridgehead atoms. The molecule has 1 N–H and O–H groups in total. The van der Waals surface area contributed by atoms with Gasteiger partial charge >= 0.3 is 0 Å². The lowest BCUT2D eigenvalue weighted by molar-refractivity contribution is -0.113. The van der Waals surface area contributed by atoms with Crippen molar-refractivity contribution in [1.82, 2.24) is 25.2 Å². The largest absolute Gasteiger partial charge is 0.301 e. The van der Waals surface area contributed by atoms with Crippen molar-refractivity contribution in [2.24, 2.45) is 0 Å². The van der Waals surface area contributed by atoms with E-state index in [9.17, 15) is 4.79 Å². The third-order valence-electron chi connectivity index (χ3n) is 4.59. The molecule has 1 amide bonds. The predicted molar refractivity (Wildman–Crippen MR) is 111 cm³/mol. The molecule has 10 heteroatoms. The number of nitrogens with zero attached hydrogens (tertiary/aromatic N) is 5. The Kier molecular flexibility index (Phi) is 6.23. The Labute approximate surface area is 175 Å². The summed E-state index contributed by atoms with van der Waals surface area (Å²) in [4.78, 5) is 17.6. The summed E-state index contributed by atoms with van der Waals surface area (Å²) in [5.41, 5.74) is 1.04. The number of hydrogen-bond acceptors (Lipinski definition) is 7. The molecule has 0 atom stereocenters.